The highest BCUT2D eigenvalue weighted by Gasteiger charge is 2.06. The van der Waals surface area contributed by atoms with Crippen LogP contribution in [0.2, 0.25) is 0 Å². The molecule has 0 unspecified atom stereocenters. The average Bonchev–Trinajstić information content (AvgIpc) is 2.25. The Morgan fingerprint density at radius 1 is 1.67 bits per heavy atom. The van der Waals surface area contributed by atoms with E-state index in [1.54, 1.807) is 11.8 Å². The van der Waals surface area contributed by atoms with Crippen molar-refractivity contribution in [2.45, 2.75) is 4.90 Å². The lowest BCUT2D eigenvalue weighted by atomic mass is 10.2. The molecule has 0 aliphatic heterocycles. The highest BCUT2D eigenvalue weighted by atomic mass is 79.9. The Morgan fingerprint density at radius 2 is 2.40 bits per heavy atom. The van der Waals surface area contributed by atoms with Gasteiger partial charge in [-0.15, -0.1) is 11.8 Å². The minimum Gasteiger partial charge on any atom is -0.379 e. The Labute approximate surface area is 102 Å². The molecule has 0 spiro atoms. The molecule has 0 amide bonds. The van der Waals surface area contributed by atoms with Crippen LogP contribution in [-0.2, 0) is 0 Å². The van der Waals surface area contributed by atoms with Crippen LogP contribution in [0.5, 0.6) is 0 Å². The average molecular weight is 283 g/mol. The second kappa shape index (κ2) is 5.84. The predicted octanol–water partition coefficient (Wildman–Crippen LogP) is 3.60. The van der Waals surface area contributed by atoms with E-state index in [1.807, 2.05) is 24.5 Å². The van der Waals surface area contributed by atoms with Gasteiger partial charge in [-0.3, -0.25) is 0 Å². The number of anilines is 1. The van der Waals surface area contributed by atoms with Gasteiger partial charge in [0, 0.05) is 15.9 Å². The molecule has 0 aromatic heterocycles. The van der Waals surface area contributed by atoms with E-state index >= 15 is 0 Å². The molecule has 0 bridgehead atoms. The van der Waals surface area contributed by atoms with Gasteiger partial charge < -0.3 is 5.32 Å². The maximum atomic E-state index is 9.06. The van der Waals surface area contributed by atoms with E-state index in [1.165, 1.54) is 0 Å². The van der Waals surface area contributed by atoms with E-state index in [9.17, 15) is 0 Å². The van der Waals surface area contributed by atoms with Crippen molar-refractivity contribution in [3.05, 3.63) is 34.8 Å². The first-order chi connectivity index (χ1) is 7.19. The molecule has 15 heavy (non-hydrogen) atoms. The van der Waals surface area contributed by atoms with Crippen LogP contribution in [0.1, 0.15) is 5.56 Å². The van der Waals surface area contributed by atoms with Gasteiger partial charge in [0.1, 0.15) is 6.07 Å². The molecule has 0 atom stereocenters. The van der Waals surface area contributed by atoms with Crippen LogP contribution in [0, 0.1) is 11.3 Å². The summed E-state index contributed by atoms with van der Waals surface area (Å²) in [5.41, 5.74) is 1.55. The molecule has 1 aromatic carbocycles. The minimum atomic E-state index is 0.618. The van der Waals surface area contributed by atoms with Crippen LogP contribution in [-0.4, -0.2) is 12.8 Å². The highest BCUT2D eigenvalue weighted by Crippen LogP contribution is 2.26. The molecule has 78 valence electrons. The zero-order valence-corrected chi connectivity index (χ0v) is 10.8. The van der Waals surface area contributed by atoms with E-state index in [0.717, 1.165) is 15.1 Å². The zero-order valence-electron chi connectivity index (χ0n) is 8.38. The second-order valence-electron chi connectivity index (χ2n) is 2.87. The fourth-order valence-electron chi connectivity index (χ4n) is 1.16. The maximum absolute atomic E-state index is 9.06. The number of thioether (sulfide) groups is 1. The Hall–Kier alpha value is -0.920. The number of nitriles is 1. The smallest absolute Gasteiger partial charge is 0.102 e. The third-order valence-corrected chi connectivity index (χ3v) is 2.89. The molecule has 1 rings (SSSR count). The number of halogens is 1. The first-order valence-electron chi connectivity index (χ1n) is 4.33. The SMILES string of the molecule is C=C(Br)CNc1cccc(SC)c1C#N. The Kier molecular flexibility index (Phi) is 4.73. The Morgan fingerprint density at radius 3 is 2.93 bits per heavy atom. The molecule has 0 radical (unpaired) electrons. The molecule has 4 heteroatoms. The van der Waals surface area contributed by atoms with Gasteiger partial charge in [-0.2, -0.15) is 5.26 Å². The topological polar surface area (TPSA) is 35.8 Å². The molecule has 0 aliphatic rings. The standard InChI is InChI=1S/C11H11BrN2S/c1-8(12)7-14-10-4-3-5-11(15-2)9(10)6-13/h3-5,14H,1,7H2,2H3. The number of nitrogens with one attached hydrogen (secondary N) is 1. The van der Waals surface area contributed by atoms with Crippen LogP contribution in [0.3, 0.4) is 0 Å². The number of nitrogens with zero attached hydrogens (tertiary/aromatic N) is 1. The van der Waals surface area contributed by atoms with E-state index in [2.05, 4.69) is 33.9 Å². The number of hydrogen-bond acceptors (Lipinski definition) is 3. The van der Waals surface area contributed by atoms with Gasteiger partial charge >= 0.3 is 0 Å². The lowest BCUT2D eigenvalue weighted by Crippen LogP contribution is -2.02. The first kappa shape index (κ1) is 12.2. The summed E-state index contributed by atoms with van der Waals surface area (Å²) in [7, 11) is 0. The summed E-state index contributed by atoms with van der Waals surface area (Å²) >= 11 is 4.84. The van der Waals surface area contributed by atoms with Gasteiger partial charge in [0.2, 0.25) is 0 Å². The lowest BCUT2D eigenvalue weighted by molar-refractivity contribution is 1.28. The monoisotopic (exact) mass is 282 g/mol. The molecule has 2 nitrogen and oxygen atoms in total. The number of rotatable bonds is 4. The number of hydrogen-bond donors (Lipinski definition) is 1. The molecule has 0 saturated heterocycles. The molecule has 0 fully saturated rings. The van der Waals surface area contributed by atoms with E-state index in [-0.39, 0.29) is 0 Å². The molecular formula is C11H11BrN2S. The van der Waals surface area contributed by atoms with Crippen molar-refractivity contribution in [3.63, 3.8) is 0 Å². The summed E-state index contributed by atoms with van der Waals surface area (Å²) in [6, 6.07) is 7.99. The van der Waals surface area contributed by atoms with Crippen LogP contribution in [0.15, 0.2) is 34.2 Å². The van der Waals surface area contributed by atoms with Crippen molar-refractivity contribution in [1.29, 1.82) is 5.26 Å². The quantitative estimate of drug-likeness (QED) is 0.858. The van der Waals surface area contributed by atoms with Gasteiger partial charge in [-0.25, -0.2) is 0 Å². The van der Waals surface area contributed by atoms with Crippen LogP contribution in [0.4, 0.5) is 5.69 Å². The Bertz CT molecular complexity index is 410. The van der Waals surface area contributed by atoms with E-state index in [4.69, 9.17) is 5.26 Å². The molecule has 0 heterocycles. The van der Waals surface area contributed by atoms with Gasteiger partial charge in [-0.1, -0.05) is 28.6 Å². The van der Waals surface area contributed by atoms with Crippen molar-refractivity contribution in [2.75, 3.05) is 18.1 Å². The first-order valence-corrected chi connectivity index (χ1v) is 6.35. The third-order valence-electron chi connectivity index (χ3n) is 1.83. The van der Waals surface area contributed by atoms with E-state index < -0.39 is 0 Å². The zero-order chi connectivity index (χ0) is 11.3. The van der Waals surface area contributed by atoms with Gasteiger partial charge in [0.25, 0.3) is 0 Å². The molecule has 0 saturated carbocycles. The predicted molar refractivity (Wildman–Crippen MR) is 69.5 cm³/mol. The van der Waals surface area contributed by atoms with Crippen molar-refractivity contribution >= 4 is 33.4 Å². The lowest BCUT2D eigenvalue weighted by Gasteiger charge is -2.09. The summed E-state index contributed by atoms with van der Waals surface area (Å²) in [5, 5.41) is 12.2. The van der Waals surface area contributed by atoms with Crippen LogP contribution < -0.4 is 5.32 Å². The Balaban J connectivity index is 2.97. The van der Waals surface area contributed by atoms with Gasteiger partial charge in [-0.05, 0) is 18.4 Å². The second-order valence-corrected chi connectivity index (χ2v) is 4.83. The summed E-state index contributed by atoms with van der Waals surface area (Å²) in [6.45, 7) is 4.35. The van der Waals surface area contributed by atoms with Crippen molar-refractivity contribution in [3.8, 4) is 6.07 Å². The molecular weight excluding hydrogens is 272 g/mol. The molecule has 1 N–H and O–H groups in total. The normalized spacial score (nSPS) is 9.40. The third kappa shape index (κ3) is 3.29. The summed E-state index contributed by atoms with van der Waals surface area (Å²) in [6.07, 6.45) is 1.96. The minimum absolute atomic E-state index is 0.618. The number of benzene rings is 1. The van der Waals surface area contributed by atoms with Gasteiger partial charge in [0.15, 0.2) is 0 Å². The highest BCUT2D eigenvalue weighted by molar-refractivity contribution is 9.11. The fraction of sp³-hybridized carbons (Fsp3) is 0.182. The molecule has 0 aliphatic carbocycles. The fourth-order valence-corrected chi connectivity index (χ4v) is 1.87. The van der Waals surface area contributed by atoms with Gasteiger partial charge in [0.05, 0.1) is 11.3 Å². The largest absolute Gasteiger partial charge is 0.379 e. The summed E-state index contributed by atoms with van der Waals surface area (Å²) in [5.74, 6) is 0. The molecule has 1 aromatic rings. The summed E-state index contributed by atoms with van der Waals surface area (Å²) in [4.78, 5) is 0.989. The maximum Gasteiger partial charge on any atom is 0.102 e. The van der Waals surface area contributed by atoms with Crippen molar-refractivity contribution < 1.29 is 0 Å². The van der Waals surface area contributed by atoms with Crippen molar-refractivity contribution in [1.82, 2.24) is 0 Å². The van der Waals surface area contributed by atoms with E-state index in [0.29, 0.717) is 12.1 Å². The summed E-state index contributed by atoms with van der Waals surface area (Å²) < 4.78 is 0.862. The van der Waals surface area contributed by atoms with Crippen molar-refractivity contribution in [2.24, 2.45) is 0 Å². The van der Waals surface area contributed by atoms with Crippen LogP contribution >= 0.6 is 27.7 Å². The van der Waals surface area contributed by atoms with Crippen LogP contribution in [0.25, 0.3) is 0 Å².